The van der Waals surface area contributed by atoms with Crippen molar-refractivity contribution in [1.82, 2.24) is 4.90 Å². The predicted octanol–water partition coefficient (Wildman–Crippen LogP) is 2.49. The fourth-order valence-corrected chi connectivity index (χ4v) is 3.10. The van der Waals surface area contributed by atoms with E-state index in [0.717, 1.165) is 29.8 Å². The molecule has 1 saturated heterocycles. The van der Waals surface area contributed by atoms with Crippen LogP contribution in [0, 0.1) is 0 Å². The second kappa shape index (κ2) is 5.19. The van der Waals surface area contributed by atoms with Crippen LogP contribution in [-0.2, 0) is 4.74 Å². The minimum Gasteiger partial charge on any atom is -0.508 e. The second-order valence-electron chi connectivity index (χ2n) is 5.57. The van der Waals surface area contributed by atoms with Gasteiger partial charge in [0, 0.05) is 30.3 Å². The third kappa shape index (κ3) is 2.19. The van der Waals surface area contributed by atoms with Gasteiger partial charge < -0.3 is 19.7 Å². The fraction of sp³-hybridized carbons (Fsp3) is 0.294. The van der Waals surface area contributed by atoms with Gasteiger partial charge in [0.05, 0.1) is 13.2 Å². The van der Waals surface area contributed by atoms with Crippen LogP contribution in [0.5, 0.6) is 17.2 Å². The van der Waals surface area contributed by atoms with Crippen LogP contribution in [0.25, 0.3) is 11.1 Å². The molecule has 5 nitrogen and oxygen atoms in total. The molecule has 2 aromatic carbocycles. The number of nitrogens with zero attached hydrogens (tertiary/aromatic N) is 1. The maximum Gasteiger partial charge on any atom is 0.179 e. The Kier molecular flexibility index (Phi) is 3.17. The number of aromatic hydroxyl groups is 2. The first kappa shape index (κ1) is 13.4. The molecule has 1 unspecified atom stereocenters. The molecule has 22 heavy (non-hydrogen) atoms. The number of ether oxygens (including phenoxy) is 2. The molecule has 2 heterocycles. The molecule has 2 aliphatic heterocycles. The maximum atomic E-state index is 9.86. The van der Waals surface area contributed by atoms with E-state index in [1.165, 1.54) is 0 Å². The van der Waals surface area contributed by atoms with E-state index in [2.05, 4.69) is 4.90 Å². The molecule has 4 rings (SSSR count). The van der Waals surface area contributed by atoms with Gasteiger partial charge >= 0.3 is 0 Å². The Balaban J connectivity index is 1.83. The van der Waals surface area contributed by atoms with Gasteiger partial charge in [-0.1, -0.05) is 6.07 Å². The number of fused-ring (bicyclic) bond motifs is 3. The van der Waals surface area contributed by atoms with Gasteiger partial charge in [-0.25, -0.2) is 0 Å². The van der Waals surface area contributed by atoms with E-state index in [1.54, 1.807) is 24.3 Å². The van der Waals surface area contributed by atoms with Crippen molar-refractivity contribution in [3.8, 4) is 28.4 Å². The van der Waals surface area contributed by atoms with Gasteiger partial charge in [-0.15, -0.1) is 0 Å². The minimum atomic E-state index is -0.278. The molecule has 0 bridgehead atoms. The molecule has 1 atom stereocenters. The van der Waals surface area contributed by atoms with Gasteiger partial charge in [0.1, 0.15) is 17.2 Å². The number of hydrogen-bond acceptors (Lipinski definition) is 5. The van der Waals surface area contributed by atoms with Crippen molar-refractivity contribution in [3.05, 3.63) is 42.0 Å². The summed E-state index contributed by atoms with van der Waals surface area (Å²) < 4.78 is 11.5. The molecule has 0 radical (unpaired) electrons. The first-order chi connectivity index (χ1) is 10.7. The molecule has 0 amide bonds. The summed E-state index contributed by atoms with van der Waals surface area (Å²) in [7, 11) is 0. The van der Waals surface area contributed by atoms with Crippen LogP contribution in [0.2, 0.25) is 0 Å². The number of morpholine rings is 1. The zero-order valence-electron chi connectivity index (χ0n) is 12.0. The molecule has 0 aromatic heterocycles. The SMILES string of the molecule is Oc1ccc2c(c1)OC(N1CCOCC1)c1cc(O)ccc1-2. The van der Waals surface area contributed by atoms with Gasteiger partial charge in [0.2, 0.25) is 0 Å². The van der Waals surface area contributed by atoms with E-state index in [-0.39, 0.29) is 17.7 Å². The highest BCUT2D eigenvalue weighted by Crippen LogP contribution is 2.45. The quantitative estimate of drug-likeness (QED) is 0.847. The second-order valence-corrected chi connectivity index (χ2v) is 5.57. The van der Waals surface area contributed by atoms with Gasteiger partial charge in [-0.3, -0.25) is 4.90 Å². The summed E-state index contributed by atoms with van der Waals surface area (Å²) in [5.41, 5.74) is 2.90. The zero-order chi connectivity index (χ0) is 15.1. The molecular formula is C17H17NO4. The monoisotopic (exact) mass is 299 g/mol. The van der Waals surface area contributed by atoms with Crippen LogP contribution in [0.3, 0.4) is 0 Å². The summed E-state index contributed by atoms with van der Waals surface area (Å²) >= 11 is 0. The summed E-state index contributed by atoms with van der Waals surface area (Å²) in [6, 6.07) is 10.5. The number of hydrogen-bond donors (Lipinski definition) is 2. The van der Waals surface area contributed by atoms with E-state index < -0.39 is 0 Å². The lowest BCUT2D eigenvalue weighted by atomic mass is 9.94. The molecule has 2 aliphatic rings. The third-order valence-electron chi connectivity index (χ3n) is 4.17. The predicted molar refractivity (Wildman–Crippen MR) is 81.0 cm³/mol. The molecule has 5 heteroatoms. The summed E-state index contributed by atoms with van der Waals surface area (Å²) in [5.74, 6) is 1.07. The Bertz CT molecular complexity index is 710. The highest BCUT2D eigenvalue weighted by molar-refractivity contribution is 5.77. The van der Waals surface area contributed by atoms with Crippen LogP contribution >= 0.6 is 0 Å². The van der Waals surface area contributed by atoms with Gasteiger partial charge in [0.25, 0.3) is 0 Å². The van der Waals surface area contributed by atoms with Crippen molar-refractivity contribution in [2.75, 3.05) is 26.3 Å². The Morgan fingerprint density at radius 1 is 0.909 bits per heavy atom. The minimum absolute atomic E-state index is 0.182. The van der Waals surface area contributed by atoms with Crippen molar-refractivity contribution in [1.29, 1.82) is 0 Å². The highest BCUT2D eigenvalue weighted by atomic mass is 16.5. The first-order valence-electron chi connectivity index (χ1n) is 7.37. The van der Waals surface area contributed by atoms with Crippen LogP contribution in [-0.4, -0.2) is 41.4 Å². The molecule has 0 aliphatic carbocycles. The van der Waals surface area contributed by atoms with E-state index >= 15 is 0 Å². The molecule has 114 valence electrons. The Morgan fingerprint density at radius 3 is 2.36 bits per heavy atom. The standard InChI is InChI=1S/C17H17NO4/c19-11-1-3-13-14-4-2-12(20)10-16(14)22-17(15(13)9-11)18-5-7-21-8-6-18/h1-4,9-10,17,19-20H,5-8H2. The Morgan fingerprint density at radius 2 is 1.59 bits per heavy atom. The largest absolute Gasteiger partial charge is 0.508 e. The fourth-order valence-electron chi connectivity index (χ4n) is 3.10. The number of phenols is 2. The van der Waals surface area contributed by atoms with Crippen molar-refractivity contribution in [3.63, 3.8) is 0 Å². The lowest BCUT2D eigenvalue weighted by Crippen LogP contribution is -2.42. The smallest absolute Gasteiger partial charge is 0.179 e. The van der Waals surface area contributed by atoms with Crippen LogP contribution in [0.15, 0.2) is 36.4 Å². The average molecular weight is 299 g/mol. The molecule has 1 fully saturated rings. The molecule has 2 aromatic rings. The molecule has 0 spiro atoms. The lowest BCUT2D eigenvalue weighted by molar-refractivity contribution is -0.0485. The summed E-state index contributed by atoms with van der Waals surface area (Å²) in [6.45, 7) is 2.88. The maximum absolute atomic E-state index is 9.86. The Labute approximate surface area is 128 Å². The number of rotatable bonds is 1. The highest BCUT2D eigenvalue weighted by Gasteiger charge is 2.32. The molecule has 2 N–H and O–H groups in total. The topological polar surface area (TPSA) is 62.2 Å². The molecule has 0 saturated carbocycles. The van der Waals surface area contributed by atoms with Crippen molar-refractivity contribution < 1.29 is 19.7 Å². The van der Waals surface area contributed by atoms with E-state index in [9.17, 15) is 10.2 Å². The van der Waals surface area contributed by atoms with Crippen LogP contribution in [0.4, 0.5) is 0 Å². The van der Waals surface area contributed by atoms with Crippen molar-refractivity contribution in [2.24, 2.45) is 0 Å². The van der Waals surface area contributed by atoms with E-state index in [1.807, 2.05) is 12.1 Å². The van der Waals surface area contributed by atoms with Crippen LogP contribution < -0.4 is 4.74 Å². The van der Waals surface area contributed by atoms with Gasteiger partial charge in [-0.2, -0.15) is 0 Å². The lowest BCUT2D eigenvalue weighted by Gasteiger charge is -2.38. The average Bonchev–Trinajstić information content (AvgIpc) is 2.54. The van der Waals surface area contributed by atoms with Crippen LogP contribution in [0.1, 0.15) is 11.8 Å². The first-order valence-corrected chi connectivity index (χ1v) is 7.37. The zero-order valence-corrected chi connectivity index (χ0v) is 12.0. The molecular weight excluding hydrogens is 282 g/mol. The van der Waals surface area contributed by atoms with E-state index in [4.69, 9.17) is 9.47 Å². The van der Waals surface area contributed by atoms with Crippen molar-refractivity contribution >= 4 is 0 Å². The number of phenolic OH excluding ortho intramolecular Hbond substituents is 2. The summed E-state index contributed by atoms with van der Waals surface area (Å²) in [4.78, 5) is 2.19. The number of benzene rings is 2. The summed E-state index contributed by atoms with van der Waals surface area (Å²) in [5, 5.41) is 19.6. The third-order valence-corrected chi connectivity index (χ3v) is 4.17. The van der Waals surface area contributed by atoms with Crippen molar-refractivity contribution in [2.45, 2.75) is 6.23 Å². The summed E-state index contributed by atoms with van der Waals surface area (Å²) in [6.07, 6.45) is -0.278. The van der Waals surface area contributed by atoms with Gasteiger partial charge in [0.15, 0.2) is 6.23 Å². The van der Waals surface area contributed by atoms with E-state index in [0.29, 0.717) is 19.0 Å². The van der Waals surface area contributed by atoms with Gasteiger partial charge in [-0.05, 0) is 29.8 Å². The Hall–Kier alpha value is -2.24. The normalized spacial score (nSPS) is 20.8.